The van der Waals surface area contributed by atoms with Gasteiger partial charge in [-0.15, -0.1) is 0 Å². The van der Waals surface area contributed by atoms with Crippen LogP contribution in [0.3, 0.4) is 0 Å². The van der Waals surface area contributed by atoms with Crippen LogP contribution in [0.1, 0.15) is 24.3 Å². The Morgan fingerprint density at radius 1 is 1.43 bits per heavy atom. The third-order valence-electron chi connectivity index (χ3n) is 4.95. The highest BCUT2D eigenvalue weighted by Gasteiger charge is 2.34. The number of halogens is 3. The molecule has 2 aliphatic heterocycles. The lowest BCUT2D eigenvalue weighted by atomic mass is 9.93. The molecule has 1 aromatic carbocycles. The number of nitrogens with zero attached hydrogens (tertiary/aromatic N) is 1. The third-order valence-corrected chi connectivity index (χ3v) is 7.16. The van der Waals surface area contributed by atoms with Crippen LogP contribution in [0.15, 0.2) is 18.2 Å². The number of thiocarbonyl (C=S) groups is 1. The molecule has 156 valence electrons. The Bertz CT molecular complexity index is 756. The van der Waals surface area contributed by atoms with Gasteiger partial charge in [0.15, 0.2) is 0 Å². The fourth-order valence-electron chi connectivity index (χ4n) is 3.40. The van der Waals surface area contributed by atoms with E-state index in [1.165, 1.54) is 11.0 Å². The monoisotopic (exact) mass is 437 g/mol. The average molecular weight is 438 g/mol. The second-order valence-electron chi connectivity index (χ2n) is 6.95. The van der Waals surface area contributed by atoms with E-state index in [4.69, 9.17) is 9.88 Å². The van der Waals surface area contributed by atoms with Crippen molar-refractivity contribution in [2.45, 2.75) is 31.3 Å². The molecule has 1 amide bonds. The first kappa shape index (κ1) is 21.2. The van der Waals surface area contributed by atoms with Crippen LogP contribution in [-0.2, 0) is 4.74 Å². The predicted molar refractivity (Wildman–Crippen MR) is 107 cm³/mol. The minimum Gasteiger partial charge on any atom is -0.442 e. The summed E-state index contributed by atoms with van der Waals surface area (Å²) in [4.78, 5) is 12.7. The number of carbonyl (C=O) groups excluding carboxylic acids is 1. The number of alkyl halides is 2. The molecular formula is C17H22F3N3O3S2. The van der Waals surface area contributed by atoms with Gasteiger partial charge in [-0.1, -0.05) is 28.8 Å². The highest BCUT2D eigenvalue weighted by atomic mass is 32.3. The molecule has 2 saturated heterocycles. The third kappa shape index (κ3) is 4.88. The minimum absolute atomic E-state index is 0.0248. The number of nitrogens with one attached hydrogen (secondary N) is 1. The summed E-state index contributed by atoms with van der Waals surface area (Å²) in [6, 6.07) is 4.54. The predicted octanol–water partition coefficient (Wildman–Crippen LogP) is 3.36. The molecule has 1 atom stereocenters. The molecule has 0 bridgehead atoms. The first-order valence-corrected chi connectivity index (χ1v) is 11.2. The second-order valence-corrected chi connectivity index (χ2v) is 10.0. The van der Waals surface area contributed by atoms with Crippen LogP contribution < -0.4 is 15.4 Å². The molecule has 28 heavy (non-hydrogen) atoms. The van der Waals surface area contributed by atoms with Gasteiger partial charge in [-0.25, -0.2) is 18.0 Å². The SMILES string of the molecule is NS1(O)CCC(c2ccc(N3C[C@H](CNC(=S)C(F)F)OC3=O)cc2F)CC1. The van der Waals surface area contributed by atoms with Gasteiger partial charge in [0.1, 0.15) is 16.9 Å². The summed E-state index contributed by atoms with van der Waals surface area (Å²) in [7, 11) is -2.04. The summed E-state index contributed by atoms with van der Waals surface area (Å²) in [6.45, 7) is 0.0574. The van der Waals surface area contributed by atoms with E-state index in [0.29, 0.717) is 35.6 Å². The zero-order valence-electron chi connectivity index (χ0n) is 14.9. The normalized spacial score (nSPS) is 30.1. The largest absolute Gasteiger partial charge is 0.442 e. The van der Waals surface area contributed by atoms with Crippen molar-refractivity contribution in [3.05, 3.63) is 29.6 Å². The fourth-order valence-corrected chi connectivity index (χ4v) is 5.07. The van der Waals surface area contributed by atoms with Crippen molar-refractivity contribution in [3.8, 4) is 0 Å². The van der Waals surface area contributed by atoms with Gasteiger partial charge in [0, 0.05) is 11.5 Å². The summed E-state index contributed by atoms with van der Waals surface area (Å²) in [6.07, 6.45) is -2.89. The molecule has 11 heteroatoms. The topological polar surface area (TPSA) is 87.8 Å². The first-order valence-electron chi connectivity index (χ1n) is 8.78. The number of benzene rings is 1. The van der Waals surface area contributed by atoms with E-state index in [1.807, 2.05) is 0 Å². The van der Waals surface area contributed by atoms with E-state index in [9.17, 15) is 22.5 Å². The number of hydrogen-bond acceptors (Lipinski definition) is 5. The van der Waals surface area contributed by atoms with Gasteiger partial charge in [0.05, 0.1) is 18.8 Å². The van der Waals surface area contributed by atoms with Crippen LogP contribution in [-0.4, -0.2) is 52.8 Å². The van der Waals surface area contributed by atoms with Gasteiger partial charge in [0.25, 0.3) is 6.43 Å². The number of rotatable bonds is 5. The van der Waals surface area contributed by atoms with Crippen molar-refractivity contribution < 1.29 is 27.3 Å². The Labute approximate surface area is 167 Å². The zero-order chi connectivity index (χ0) is 20.5. The number of cyclic esters (lactones) is 1. The van der Waals surface area contributed by atoms with Crippen LogP contribution >= 0.6 is 22.7 Å². The van der Waals surface area contributed by atoms with Gasteiger partial charge in [-0.2, -0.15) is 0 Å². The molecule has 0 unspecified atom stereocenters. The molecule has 6 nitrogen and oxygen atoms in total. The molecule has 4 N–H and O–H groups in total. The van der Waals surface area contributed by atoms with E-state index in [0.717, 1.165) is 0 Å². The number of ether oxygens (including phenoxy) is 1. The molecule has 2 aliphatic rings. The molecule has 0 spiro atoms. The van der Waals surface area contributed by atoms with Crippen LogP contribution in [0.2, 0.25) is 0 Å². The summed E-state index contributed by atoms with van der Waals surface area (Å²) >= 11 is 4.49. The highest BCUT2D eigenvalue weighted by molar-refractivity contribution is 8.27. The van der Waals surface area contributed by atoms with Gasteiger partial charge >= 0.3 is 6.09 Å². The molecule has 1 aromatic rings. The number of nitrogens with two attached hydrogens (primary N) is 1. The van der Waals surface area contributed by atoms with Gasteiger partial charge in [-0.3, -0.25) is 10.0 Å². The molecule has 0 aromatic heterocycles. The van der Waals surface area contributed by atoms with Gasteiger partial charge in [-0.05, 0) is 36.5 Å². The Morgan fingerprint density at radius 3 is 2.71 bits per heavy atom. The Hall–Kier alpha value is -1.56. The lowest BCUT2D eigenvalue weighted by Gasteiger charge is -2.37. The maximum absolute atomic E-state index is 14.7. The lowest BCUT2D eigenvalue weighted by Crippen LogP contribution is -2.36. The number of amides is 1. The molecule has 0 saturated carbocycles. The minimum atomic E-state index is -2.78. The lowest BCUT2D eigenvalue weighted by molar-refractivity contribution is 0.142. The molecular weight excluding hydrogens is 415 g/mol. The smallest absolute Gasteiger partial charge is 0.414 e. The Morgan fingerprint density at radius 2 is 2.11 bits per heavy atom. The first-order chi connectivity index (χ1) is 13.2. The van der Waals surface area contributed by atoms with Crippen LogP contribution in [0.25, 0.3) is 0 Å². The van der Waals surface area contributed by atoms with Crippen molar-refractivity contribution in [2.24, 2.45) is 5.14 Å². The maximum atomic E-state index is 14.7. The van der Waals surface area contributed by atoms with E-state index >= 15 is 0 Å². The Kier molecular flexibility index (Phi) is 6.37. The standard InChI is InChI=1S/C17H22F3N3O3S2/c18-14-7-11(1-2-13(14)10-3-5-28(21,25)6-4-10)23-9-12(26-17(23)24)8-22-16(27)15(19)20/h1-2,7,10,12,15,25H,3-6,8-9,21H2,(H,22,27)/t12-/m0/s1. The van der Waals surface area contributed by atoms with Gasteiger partial charge < -0.3 is 14.6 Å². The van der Waals surface area contributed by atoms with E-state index in [1.54, 1.807) is 12.1 Å². The number of anilines is 1. The second kappa shape index (κ2) is 8.44. The molecule has 2 heterocycles. The van der Waals surface area contributed by atoms with Crippen LogP contribution in [0, 0.1) is 5.82 Å². The van der Waals surface area contributed by atoms with Crippen molar-refractivity contribution in [1.29, 1.82) is 0 Å². The molecule has 2 fully saturated rings. The fraction of sp³-hybridized carbons (Fsp3) is 0.529. The number of hydrogen-bond donors (Lipinski definition) is 3. The van der Waals surface area contributed by atoms with Crippen molar-refractivity contribution in [1.82, 2.24) is 5.32 Å². The van der Waals surface area contributed by atoms with Crippen molar-refractivity contribution in [2.75, 3.05) is 29.5 Å². The molecule has 0 aliphatic carbocycles. The van der Waals surface area contributed by atoms with E-state index in [-0.39, 0.29) is 19.0 Å². The molecule has 3 rings (SSSR count). The highest BCUT2D eigenvalue weighted by Crippen LogP contribution is 2.46. The zero-order valence-corrected chi connectivity index (χ0v) is 16.6. The van der Waals surface area contributed by atoms with Crippen LogP contribution in [0.4, 0.5) is 23.7 Å². The number of carbonyl (C=O) groups is 1. The quantitative estimate of drug-likeness (QED) is 0.613. The summed E-state index contributed by atoms with van der Waals surface area (Å²) in [5, 5.41) is 8.14. The Balaban J connectivity index is 1.63. The molecule has 0 radical (unpaired) electrons. The summed E-state index contributed by atoms with van der Waals surface area (Å²) in [5.41, 5.74) is 0.869. The van der Waals surface area contributed by atoms with E-state index < -0.39 is 39.9 Å². The van der Waals surface area contributed by atoms with E-state index in [2.05, 4.69) is 17.5 Å². The average Bonchev–Trinajstić information content (AvgIpc) is 3.00. The summed E-state index contributed by atoms with van der Waals surface area (Å²) in [5.74, 6) is 0.496. The van der Waals surface area contributed by atoms with Gasteiger partial charge in [0.2, 0.25) is 0 Å². The van der Waals surface area contributed by atoms with Crippen molar-refractivity contribution in [3.63, 3.8) is 0 Å². The van der Waals surface area contributed by atoms with Crippen LogP contribution in [0.5, 0.6) is 0 Å². The maximum Gasteiger partial charge on any atom is 0.414 e. The summed E-state index contributed by atoms with van der Waals surface area (Å²) < 4.78 is 54.5. The van der Waals surface area contributed by atoms with Crippen molar-refractivity contribution >= 4 is 39.5 Å².